The third kappa shape index (κ3) is 3.37. The van der Waals surface area contributed by atoms with Crippen molar-refractivity contribution < 1.29 is 14.6 Å². The molecule has 0 heterocycles. The molecule has 0 aromatic heterocycles. The maximum atomic E-state index is 12.6. The number of fused-ring (bicyclic) bond motifs is 1. The highest BCUT2D eigenvalue weighted by Crippen LogP contribution is 2.29. The maximum absolute atomic E-state index is 12.6. The molecule has 0 fully saturated rings. The first-order chi connectivity index (χ1) is 11.2. The van der Waals surface area contributed by atoms with Gasteiger partial charge in [-0.2, -0.15) is 0 Å². The third-order valence-corrected chi connectivity index (χ3v) is 4.35. The Bertz CT molecular complexity index is 688. The van der Waals surface area contributed by atoms with Crippen LogP contribution in [-0.2, 0) is 16.0 Å². The average Bonchev–Trinajstić information content (AvgIpc) is 2.76. The molecule has 1 aromatic carbocycles. The molecule has 2 atom stereocenters. The minimum atomic E-state index is -0.973. The number of hydrogen-bond acceptors (Lipinski definition) is 3. The molecule has 120 valence electrons. The molecule has 4 heteroatoms. The first-order valence-corrected chi connectivity index (χ1v) is 7.90. The van der Waals surface area contributed by atoms with Gasteiger partial charge in [0.25, 0.3) is 5.91 Å². The van der Waals surface area contributed by atoms with Crippen LogP contribution >= 0.6 is 0 Å². The number of benzene rings is 1. The molecule has 23 heavy (non-hydrogen) atoms. The normalized spacial score (nSPS) is 23.2. The standard InChI is InChI=1S/C19H21NO3/c1-23-14-8-5-10-16(18(21)12-14)19(22)20-17-11-4-7-13-6-2-3-9-15(13)17/h2-3,5-6,8-10,12,17-18,21H,4,7,11H2,1H3,(H,20,22)/t17-,18?/m0/s1. The summed E-state index contributed by atoms with van der Waals surface area (Å²) in [7, 11) is 1.53. The monoisotopic (exact) mass is 311 g/mol. The van der Waals surface area contributed by atoms with Crippen LogP contribution < -0.4 is 5.32 Å². The first kappa shape index (κ1) is 15.6. The number of carbonyl (C=O) groups is 1. The van der Waals surface area contributed by atoms with Crippen LogP contribution in [0.4, 0.5) is 0 Å². The van der Waals surface area contributed by atoms with E-state index >= 15 is 0 Å². The summed E-state index contributed by atoms with van der Waals surface area (Å²) in [6.45, 7) is 0. The van der Waals surface area contributed by atoms with E-state index < -0.39 is 6.10 Å². The highest BCUT2D eigenvalue weighted by Gasteiger charge is 2.25. The van der Waals surface area contributed by atoms with Gasteiger partial charge in [0.05, 0.1) is 13.2 Å². The number of aryl methyl sites for hydroxylation is 1. The zero-order chi connectivity index (χ0) is 16.2. The average molecular weight is 311 g/mol. The summed E-state index contributed by atoms with van der Waals surface area (Å²) in [5, 5.41) is 13.3. The Morgan fingerprint density at radius 3 is 3.00 bits per heavy atom. The molecule has 0 saturated carbocycles. The van der Waals surface area contributed by atoms with Crippen molar-refractivity contribution in [3.63, 3.8) is 0 Å². The fourth-order valence-corrected chi connectivity index (χ4v) is 3.14. The predicted octanol–water partition coefficient (Wildman–Crippen LogP) is 2.57. The predicted molar refractivity (Wildman–Crippen MR) is 88.6 cm³/mol. The SMILES string of the molecule is COC1=CC(O)C(C(=O)N[C@H]2CCCc3ccccc32)=CC=C1. The van der Waals surface area contributed by atoms with Crippen LogP contribution in [0.5, 0.6) is 0 Å². The highest BCUT2D eigenvalue weighted by atomic mass is 16.5. The molecule has 0 radical (unpaired) electrons. The second-order valence-electron chi connectivity index (χ2n) is 5.82. The van der Waals surface area contributed by atoms with Crippen LogP contribution in [0.25, 0.3) is 0 Å². The van der Waals surface area contributed by atoms with Crippen molar-refractivity contribution >= 4 is 5.91 Å². The van der Waals surface area contributed by atoms with Gasteiger partial charge in [0, 0.05) is 5.57 Å². The van der Waals surface area contributed by atoms with Crippen molar-refractivity contribution in [2.45, 2.75) is 31.4 Å². The molecule has 2 N–H and O–H groups in total. The number of aliphatic hydroxyl groups excluding tert-OH is 1. The van der Waals surface area contributed by atoms with Crippen LogP contribution in [-0.4, -0.2) is 24.2 Å². The van der Waals surface area contributed by atoms with Gasteiger partial charge in [-0.05, 0) is 42.5 Å². The van der Waals surface area contributed by atoms with E-state index in [1.165, 1.54) is 24.3 Å². The number of allylic oxidation sites excluding steroid dienone is 3. The second-order valence-corrected chi connectivity index (χ2v) is 5.82. The minimum Gasteiger partial charge on any atom is -0.497 e. The van der Waals surface area contributed by atoms with Crippen molar-refractivity contribution in [1.82, 2.24) is 5.32 Å². The van der Waals surface area contributed by atoms with Crippen LogP contribution in [0, 0.1) is 0 Å². The van der Waals surface area contributed by atoms with E-state index in [0.29, 0.717) is 11.3 Å². The van der Waals surface area contributed by atoms with Gasteiger partial charge in [0.15, 0.2) is 0 Å². The van der Waals surface area contributed by atoms with Gasteiger partial charge < -0.3 is 15.2 Å². The quantitative estimate of drug-likeness (QED) is 0.902. The van der Waals surface area contributed by atoms with Crippen LogP contribution in [0.15, 0.2) is 59.9 Å². The van der Waals surface area contributed by atoms with E-state index in [2.05, 4.69) is 17.4 Å². The Kier molecular flexibility index (Phi) is 4.63. The molecule has 2 aliphatic rings. The molecule has 0 saturated heterocycles. The first-order valence-electron chi connectivity index (χ1n) is 7.90. The molecule has 1 aromatic rings. The van der Waals surface area contributed by atoms with E-state index in [4.69, 9.17) is 4.74 Å². The molecular weight excluding hydrogens is 290 g/mol. The van der Waals surface area contributed by atoms with Gasteiger partial charge >= 0.3 is 0 Å². The van der Waals surface area contributed by atoms with E-state index in [0.717, 1.165) is 19.3 Å². The number of carbonyl (C=O) groups excluding carboxylic acids is 1. The zero-order valence-electron chi connectivity index (χ0n) is 13.2. The number of rotatable bonds is 3. The summed E-state index contributed by atoms with van der Waals surface area (Å²) >= 11 is 0. The van der Waals surface area contributed by atoms with E-state index in [-0.39, 0.29) is 11.9 Å². The van der Waals surface area contributed by atoms with Crippen molar-refractivity contribution in [1.29, 1.82) is 0 Å². The summed E-state index contributed by atoms with van der Waals surface area (Å²) in [5.41, 5.74) is 2.80. The van der Waals surface area contributed by atoms with Gasteiger partial charge in [-0.1, -0.05) is 36.4 Å². The lowest BCUT2D eigenvalue weighted by molar-refractivity contribution is -0.119. The zero-order valence-corrected chi connectivity index (χ0v) is 13.2. The fraction of sp³-hybridized carbons (Fsp3) is 0.316. The van der Waals surface area contributed by atoms with Crippen molar-refractivity contribution in [3.05, 3.63) is 71.0 Å². The number of amides is 1. The lowest BCUT2D eigenvalue weighted by Gasteiger charge is -2.27. The van der Waals surface area contributed by atoms with Gasteiger partial charge in [-0.3, -0.25) is 4.79 Å². The Hall–Kier alpha value is -2.33. The summed E-state index contributed by atoms with van der Waals surface area (Å²) in [4.78, 5) is 12.6. The number of nitrogens with one attached hydrogen (secondary N) is 1. The molecule has 2 aliphatic carbocycles. The van der Waals surface area contributed by atoms with Gasteiger partial charge in [0.1, 0.15) is 11.9 Å². The second kappa shape index (κ2) is 6.84. The highest BCUT2D eigenvalue weighted by molar-refractivity contribution is 5.95. The van der Waals surface area contributed by atoms with Crippen LogP contribution in [0.3, 0.4) is 0 Å². The molecule has 4 nitrogen and oxygen atoms in total. The van der Waals surface area contributed by atoms with Gasteiger partial charge in [0.2, 0.25) is 0 Å². The van der Waals surface area contributed by atoms with E-state index in [1.54, 1.807) is 18.2 Å². The van der Waals surface area contributed by atoms with E-state index in [9.17, 15) is 9.90 Å². The van der Waals surface area contributed by atoms with Crippen molar-refractivity contribution in [2.75, 3.05) is 7.11 Å². The largest absolute Gasteiger partial charge is 0.497 e. The lowest BCUT2D eigenvalue weighted by atomic mass is 9.87. The summed E-state index contributed by atoms with van der Waals surface area (Å²) in [6, 6.07) is 8.21. The van der Waals surface area contributed by atoms with Crippen LogP contribution in [0.1, 0.15) is 30.0 Å². The molecule has 0 spiro atoms. The third-order valence-electron chi connectivity index (χ3n) is 4.35. The van der Waals surface area contributed by atoms with Gasteiger partial charge in [-0.25, -0.2) is 0 Å². The Labute approximate surface area is 136 Å². The Morgan fingerprint density at radius 1 is 1.35 bits per heavy atom. The Balaban J connectivity index is 1.77. The van der Waals surface area contributed by atoms with Crippen molar-refractivity contribution in [3.8, 4) is 0 Å². The molecule has 1 amide bonds. The summed E-state index contributed by atoms with van der Waals surface area (Å²) in [5.74, 6) is 0.303. The van der Waals surface area contributed by atoms with Crippen molar-refractivity contribution in [2.24, 2.45) is 0 Å². The number of aliphatic hydroxyl groups is 1. The number of methoxy groups -OCH3 is 1. The van der Waals surface area contributed by atoms with E-state index in [1.807, 2.05) is 12.1 Å². The fourth-order valence-electron chi connectivity index (χ4n) is 3.14. The Morgan fingerprint density at radius 2 is 2.17 bits per heavy atom. The molecule has 0 bridgehead atoms. The molecular formula is C19H21NO3. The molecule has 0 aliphatic heterocycles. The van der Waals surface area contributed by atoms with Gasteiger partial charge in [-0.15, -0.1) is 0 Å². The lowest BCUT2D eigenvalue weighted by Crippen LogP contribution is -2.34. The summed E-state index contributed by atoms with van der Waals surface area (Å²) in [6.07, 6.45) is 8.66. The number of ether oxygens (including phenoxy) is 1. The summed E-state index contributed by atoms with van der Waals surface area (Å²) < 4.78 is 5.12. The molecule has 3 rings (SSSR count). The number of hydrogen-bond donors (Lipinski definition) is 2. The smallest absolute Gasteiger partial charge is 0.250 e. The maximum Gasteiger partial charge on any atom is 0.250 e. The van der Waals surface area contributed by atoms with Crippen LogP contribution in [0.2, 0.25) is 0 Å². The minimum absolute atomic E-state index is 0.00124. The molecule has 1 unspecified atom stereocenters. The topological polar surface area (TPSA) is 58.6 Å².